The van der Waals surface area contributed by atoms with E-state index in [-0.39, 0.29) is 23.8 Å². The molecule has 2 aromatic carbocycles. The van der Waals surface area contributed by atoms with Gasteiger partial charge in [0.05, 0.1) is 11.8 Å². The van der Waals surface area contributed by atoms with Crippen LogP contribution in [0.4, 0.5) is 4.39 Å². The number of halogens is 1. The summed E-state index contributed by atoms with van der Waals surface area (Å²) in [6.45, 7) is 4.14. The molecule has 0 aliphatic heterocycles. The molecule has 0 saturated carbocycles. The number of hydrogen-bond acceptors (Lipinski definition) is 3. The molecule has 0 amide bonds. The van der Waals surface area contributed by atoms with Crippen LogP contribution in [0.1, 0.15) is 30.5 Å². The molecular formula is C19H18FNO2. The summed E-state index contributed by atoms with van der Waals surface area (Å²) < 4.78 is 20.1. The molecular weight excluding hydrogens is 293 g/mol. The molecule has 0 aliphatic rings. The zero-order valence-corrected chi connectivity index (χ0v) is 13.1. The summed E-state index contributed by atoms with van der Waals surface area (Å²) in [4.78, 5) is 0. The molecule has 0 bridgehead atoms. The molecule has 0 fully saturated rings. The van der Waals surface area contributed by atoms with Gasteiger partial charge in [0, 0.05) is 11.5 Å². The van der Waals surface area contributed by atoms with Crippen LogP contribution >= 0.6 is 0 Å². The van der Waals surface area contributed by atoms with Gasteiger partial charge in [-0.1, -0.05) is 61.2 Å². The zero-order valence-electron chi connectivity index (χ0n) is 13.1. The molecule has 0 atom stereocenters. The third kappa shape index (κ3) is 4.58. The highest BCUT2D eigenvalue weighted by molar-refractivity contribution is 5.84. The third-order valence-electron chi connectivity index (χ3n) is 3.06. The monoisotopic (exact) mass is 311 g/mol. The Morgan fingerprint density at radius 2 is 1.96 bits per heavy atom. The molecule has 4 heteroatoms. The summed E-state index contributed by atoms with van der Waals surface area (Å²) in [6, 6.07) is 12.7. The number of benzene rings is 2. The predicted octanol–water partition coefficient (Wildman–Crippen LogP) is 4.22. The summed E-state index contributed by atoms with van der Waals surface area (Å²) in [5, 5.41) is 11.7. The quantitative estimate of drug-likeness (QED) is 0.397. The van der Waals surface area contributed by atoms with Crippen molar-refractivity contribution in [3.05, 3.63) is 65.0 Å². The third-order valence-corrected chi connectivity index (χ3v) is 3.06. The molecule has 0 spiro atoms. The predicted molar refractivity (Wildman–Crippen MR) is 88.3 cm³/mol. The fourth-order valence-electron chi connectivity index (χ4n) is 1.93. The molecule has 0 unspecified atom stereocenters. The van der Waals surface area contributed by atoms with Crippen molar-refractivity contribution in [3.63, 3.8) is 0 Å². The van der Waals surface area contributed by atoms with E-state index in [1.165, 1.54) is 6.07 Å². The van der Waals surface area contributed by atoms with Crippen molar-refractivity contribution in [2.24, 2.45) is 11.1 Å². The first-order chi connectivity index (χ1) is 11.1. The van der Waals surface area contributed by atoms with Gasteiger partial charge >= 0.3 is 0 Å². The first kappa shape index (κ1) is 16.6. The maximum absolute atomic E-state index is 14.6. The normalized spacial score (nSPS) is 10.6. The first-order valence-corrected chi connectivity index (χ1v) is 7.30. The lowest BCUT2D eigenvalue weighted by atomic mass is 10.1. The average molecular weight is 311 g/mol. The molecule has 0 saturated heterocycles. The van der Waals surface area contributed by atoms with Crippen LogP contribution in [0.2, 0.25) is 0 Å². The molecule has 23 heavy (non-hydrogen) atoms. The van der Waals surface area contributed by atoms with E-state index in [4.69, 9.17) is 9.94 Å². The van der Waals surface area contributed by atoms with Gasteiger partial charge in [0.2, 0.25) is 0 Å². The van der Waals surface area contributed by atoms with Gasteiger partial charge in [-0.15, -0.1) is 0 Å². The fourth-order valence-corrected chi connectivity index (χ4v) is 1.93. The van der Waals surface area contributed by atoms with E-state index in [1.54, 1.807) is 6.07 Å². The summed E-state index contributed by atoms with van der Waals surface area (Å²) in [5.74, 6) is 5.52. The van der Waals surface area contributed by atoms with Gasteiger partial charge in [0.15, 0.2) is 11.6 Å². The zero-order chi connectivity index (χ0) is 16.7. The van der Waals surface area contributed by atoms with Crippen molar-refractivity contribution in [2.75, 3.05) is 0 Å². The van der Waals surface area contributed by atoms with Gasteiger partial charge in [-0.25, -0.2) is 4.39 Å². The van der Waals surface area contributed by atoms with Crippen LogP contribution in [-0.4, -0.2) is 11.4 Å². The van der Waals surface area contributed by atoms with Gasteiger partial charge < -0.3 is 9.94 Å². The molecule has 3 nitrogen and oxygen atoms in total. The highest BCUT2D eigenvalue weighted by Gasteiger charge is 2.12. The second-order valence-corrected chi connectivity index (χ2v) is 5.28. The molecule has 0 aromatic heterocycles. The Morgan fingerprint density at radius 3 is 2.61 bits per heavy atom. The summed E-state index contributed by atoms with van der Waals surface area (Å²) in [5.41, 5.74) is 1.51. The van der Waals surface area contributed by atoms with E-state index >= 15 is 0 Å². The Balaban J connectivity index is 2.28. The average Bonchev–Trinajstić information content (AvgIpc) is 2.55. The minimum Gasteiger partial charge on any atom is -0.486 e. The molecule has 0 aliphatic carbocycles. The maximum atomic E-state index is 14.6. The minimum atomic E-state index is -0.589. The van der Waals surface area contributed by atoms with Crippen LogP contribution in [0, 0.1) is 23.6 Å². The lowest BCUT2D eigenvalue weighted by Crippen LogP contribution is -2.02. The maximum Gasteiger partial charge on any atom is 0.175 e. The van der Waals surface area contributed by atoms with Gasteiger partial charge in [-0.2, -0.15) is 0 Å². The molecule has 1 N–H and O–H groups in total. The van der Waals surface area contributed by atoms with Crippen molar-refractivity contribution in [1.29, 1.82) is 0 Å². The summed E-state index contributed by atoms with van der Waals surface area (Å²) >= 11 is 0. The Kier molecular flexibility index (Phi) is 5.76. The van der Waals surface area contributed by atoms with Crippen LogP contribution in [0.25, 0.3) is 0 Å². The van der Waals surface area contributed by atoms with Gasteiger partial charge in [-0.3, -0.25) is 0 Å². The van der Waals surface area contributed by atoms with Crippen LogP contribution in [0.3, 0.4) is 0 Å². The highest BCUT2D eigenvalue weighted by Crippen LogP contribution is 2.23. The second kappa shape index (κ2) is 8.00. The summed E-state index contributed by atoms with van der Waals surface area (Å²) in [7, 11) is 0. The molecule has 0 radical (unpaired) electrons. The van der Waals surface area contributed by atoms with Crippen molar-refractivity contribution in [1.82, 2.24) is 0 Å². The number of rotatable bonds is 4. The van der Waals surface area contributed by atoms with Crippen molar-refractivity contribution in [3.8, 4) is 17.6 Å². The van der Waals surface area contributed by atoms with Crippen molar-refractivity contribution >= 4 is 6.21 Å². The van der Waals surface area contributed by atoms with E-state index in [0.717, 1.165) is 11.8 Å². The molecule has 2 rings (SSSR count). The summed E-state index contributed by atoms with van der Waals surface area (Å²) in [6.07, 6.45) is 1.04. The molecule has 118 valence electrons. The Bertz CT molecular complexity index is 743. The van der Waals surface area contributed by atoms with Crippen LogP contribution in [0.15, 0.2) is 47.6 Å². The molecule has 2 aromatic rings. The van der Waals surface area contributed by atoms with Gasteiger partial charge in [-0.05, 0) is 17.7 Å². The van der Waals surface area contributed by atoms with Gasteiger partial charge in [0.1, 0.15) is 6.61 Å². The SMILES string of the molecule is CC(C)C#Cc1ccc(OCc2ccccc2)c(F)c1/C=N/O. The molecule has 0 heterocycles. The fraction of sp³-hybridized carbons (Fsp3) is 0.211. The minimum absolute atomic E-state index is 0.0962. The Morgan fingerprint density at radius 1 is 1.22 bits per heavy atom. The number of oxime groups is 1. The topological polar surface area (TPSA) is 41.8 Å². The Labute approximate surface area is 135 Å². The second-order valence-electron chi connectivity index (χ2n) is 5.28. The number of nitrogens with zero attached hydrogens (tertiary/aromatic N) is 1. The number of hydrogen-bond donors (Lipinski definition) is 1. The standard InChI is InChI=1S/C19H18FNO2/c1-14(2)8-9-16-10-11-18(19(20)17(16)12-21-22)23-13-15-6-4-3-5-7-15/h3-7,10-12,14,22H,13H2,1-2H3/b21-12+. The van der Waals surface area contributed by atoms with Crippen molar-refractivity contribution in [2.45, 2.75) is 20.5 Å². The van der Waals surface area contributed by atoms with Crippen LogP contribution in [0.5, 0.6) is 5.75 Å². The largest absolute Gasteiger partial charge is 0.486 e. The smallest absolute Gasteiger partial charge is 0.175 e. The van der Waals surface area contributed by atoms with E-state index < -0.39 is 5.82 Å². The Hall–Kier alpha value is -2.80. The van der Waals surface area contributed by atoms with Crippen LogP contribution in [-0.2, 0) is 6.61 Å². The van der Waals surface area contributed by atoms with E-state index in [0.29, 0.717) is 5.56 Å². The number of ether oxygens (including phenoxy) is 1. The lowest BCUT2D eigenvalue weighted by molar-refractivity contribution is 0.290. The first-order valence-electron chi connectivity index (χ1n) is 7.30. The van der Waals surface area contributed by atoms with Crippen LogP contribution < -0.4 is 4.74 Å². The lowest BCUT2D eigenvalue weighted by Gasteiger charge is -2.10. The van der Waals surface area contributed by atoms with Crippen molar-refractivity contribution < 1.29 is 14.3 Å². The van der Waals surface area contributed by atoms with E-state index in [9.17, 15) is 4.39 Å². The van der Waals surface area contributed by atoms with E-state index in [1.807, 2.05) is 44.2 Å². The van der Waals surface area contributed by atoms with Gasteiger partial charge in [0.25, 0.3) is 0 Å². The highest BCUT2D eigenvalue weighted by atomic mass is 19.1. The van der Waals surface area contributed by atoms with E-state index in [2.05, 4.69) is 17.0 Å².